The van der Waals surface area contributed by atoms with Crippen molar-refractivity contribution in [3.8, 4) is 0 Å². The van der Waals surface area contributed by atoms with Crippen molar-refractivity contribution >= 4 is 17.9 Å². The van der Waals surface area contributed by atoms with Gasteiger partial charge in [-0.05, 0) is 44.9 Å². The monoisotopic (exact) mass is 406 g/mol. The molecule has 0 radical (unpaired) electrons. The maximum Gasteiger partial charge on any atom is 0.312 e. The summed E-state index contributed by atoms with van der Waals surface area (Å²) in [6.45, 7) is 6.10. The van der Waals surface area contributed by atoms with Crippen molar-refractivity contribution < 1.29 is 33.3 Å². The van der Waals surface area contributed by atoms with Gasteiger partial charge in [0.1, 0.15) is 24.9 Å². The summed E-state index contributed by atoms with van der Waals surface area (Å²) in [6.07, 6.45) is 4.81. The van der Waals surface area contributed by atoms with E-state index in [9.17, 15) is 14.4 Å². The van der Waals surface area contributed by atoms with Crippen LogP contribution in [0.5, 0.6) is 0 Å². The predicted octanol–water partition coefficient (Wildman–Crippen LogP) is 2.54. The molecule has 0 bridgehead atoms. The van der Waals surface area contributed by atoms with Gasteiger partial charge >= 0.3 is 17.9 Å². The first-order chi connectivity index (χ1) is 13.7. The topological polar surface area (TPSA) is 88.1 Å². The lowest BCUT2D eigenvalue weighted by atomic mass is 9.43. The van der Waals surface area contributed by atoms with Gasteiger partial charge in [-0.25, -0.2) is 0 Å². The first-order valence-electron chi connectivity index (χ1n) is 10.9. The largest absolute Gasteiger partial charge is 0.465 e. The van der Waals surface area contributed by atoms with Crippen LogP contribution in [-0.2, 0) is 33.3 Å². The van der Waals surface area contributed by atoms with Crippen LogP contribution in [0.1, 0.15) is 65.7 Å². The van der Waals surface area contributed by atoms with Gasteiger partial charge in [0.15, 0.2) is 0 Å². The van der Waals surface area contributed by atoms with Gasteiger partial charge in [0.2, 0.25) is 0 Å². The lowest BCUT2D eigenvalue weighted by Gasteiger charge is -2.62. The second-order valence-corrected chi connectivity index (χ2v) is 10.3. The molecule has 2 saturated carbocycles. The molecule has 3 saturated heterocycles. The summed E-state index contributed by atoms with van der Waals surface area (Å²) in [5.74, 6) is -0.613. The minimum Gasteiger partial charge on any atom is -0.465 e. The van der Waals surface area contributed by atoms with Crippen LogP contribution in [0, 0.1) is 22.7 Å². The van der Waals surface area contributed by atoms with E-state index in [0.29, 0.717) is 0 Å². The van der Waals surface area contributed by atoms with E-state index < -0.39 is 22.0 Å². The normalized spacial score (nSPS) is 50.5. The van der Waals surface area contributed by atoms with Gasteiger partial charge in [0.25, 0.3) is 0 Å². The summed E-state index contributed by atoms with van der Waals surface area (Å²) in [7, 11) is 0. The Morgan fingerprint density at radius 2 is 2.00 bits per heavy atom. The molecule has 0 unspecified atom stereocenters. The van der Waals surface area contributed by atoms with Gasteiger partial charge in [0, 0.05) is 18.3 Å². The quantitative estimate of drug-likeness (QED) is 0.514. The Morgan fingerprint density at radius 1 is 1.21 bits per heavy atom. The number of rotatable bonds is 2. The van der Waals surface area contributed by atoms with Gasteiger partial charge in [0.05, 0.1) is 17.4 Å². The Bertz CT molecular complexity index is 779. The van der Waals surface area contributed by atoms with Crippen molar-refractivity contribution in [2.75, 3.05) is 13.2 Å². The van der Waals surface area contributed by atoms with E-state index in [2.05, 4.69) is 6.92 Å². The van der Waals surface area contributed by atoms with Crippen molar-refractivity contribution in [3.63, 3.8) is 0 Å². The summed E-state index contributed by atoms with van der Waals surface area (Å²) < 4.78 is 23.8. The van der Waals surface area contributed by atoms with Crippen LogP contribution in [-0.4, -0.2) is 48.4 Å². The lowest BCUT2D eigenvalue weighted by Crippen LogP contribution is -2.68. The molecular formula is C22H30O7. The summed E-state index contributed by atoms with van der Waals surface area (Å²) in [6, 6.07) is 0. The SMILES string of the molecule is CC(=O)OC[C@@]12CCC[C@]3(C)C(=O)O[C@H](C[C@@H](C)[C@]14CC[C@@]1(COC(=O)C1)O4)[C@H]23. The van der Waals surface area contributed by atoms with Gasteiger partial charge in [-0.3, -0.25) is 14.4 Å². The number of hydrogen-bond donors (Lipinski definition) is 0. The van der Waals surface area contributed by atoms with Crippen LogP contribution in [0.2, 0.25) is 0 Å². The molecule has 160 valence electrons. The molecule has 2 spiro atoms. The number of carbonyl (C=O) groups is 3. The molecule has 29 heavy (non-hydrogen) atoms. The van der Waals surface area contributed by atoms with Crippen LogP contribution >= 0.6 is 0 Å². The van der Waals surface area contributed by atoms with Crippen LogP contribution in [0.4, 0.5) is 0 Å². The molecule has 5 fully saturated rings. The molecular weight excluding hydrogens is 376 g/mol. The van der Waals surface area contributed by atoms with E-state index in [1.807, 2.05) is 6.92 Å². The molecule has 0 aromatic carbocycles. The third kappa shape index (κ3) is 2.37. The maximum absolute atomic E-state index is 12.9. The molecule has 5 aliphatic rings. The smallest absolute Gasteiger partial charge is 0.312 e. The Kier molecular flexibility index (Phi) is 3.97. The highest BCUT2D eigenvalue weighted by atomic mass is 16.6. The average Bonchev–Trinajstić information content (AvgIpc) is 3.29. The number of hydrogen-bond acceptors (Lipinski definition) is 7. The molecule has 0 aromatic heterocycles. The fourth-order valence-electron chi connectivity index (χ4n) is 7.63. The number of cyclic esters (lactones) is 1. The number of esters is 3. The molecule has 7 heteroatoms. The third-order valence-corrected chi connectivity index (χ3v) is 8.77. The van der Waals surface area contributed by atoms with Crippen LogP contribution in [0.25, 0.3) is 0 Å². The first kappa shape index (κ1) is 19.3. The lowest BCUT2D eigenvalue weighted by molar-refractivity contribution is -0.269. The van der Waals surface area contributed by atoms with E-state index in [-0.39, 0.29) is 55.5 Å². The van der Waals surface area contributed by atoms with Gasteiger partial charge < -0.3 is 18.9 Å². The average molecular weight is 406 g/mol. The highest BCUT2D eigenvalue weighted by Crippen LogP contribution is 2.70. The highest BCUT2D eigenvalue weighted by Gasteiger charge is 2.76. The summed E-state index contributed by atoms with van der Waals surface area (Å²) >= 11 is 0. The van der Waals surface area contributed by atoms with Gasteiger partial charge in [-0.2, -0.15) is 0 Å². The molecule has 5 rings (SSSR count). The number of carbonyl (C=O) groups excluding carboxylic acids is 3. The zero-order valence-electron chi connectivity index (χ0n) is 17.5. The Hall–Kier alpha value is -1.63. The van der Waals surface area contributed by atoms with E-state index in [1.165, 1.54) is 6.92 Å². The van der Waals surface area contributed by atoms with Crippen molar-refractivity contribution in [1.29, 1.82) is 0 Å². The molecule has 0 amide bonds. The molecule has 7 atom stereocenters. The molecule has 7 nitrogen and oxygen atoms in total. The summed E-state index contributed by atoms with van der Waals surface area (Å²) in [4.78, 5) is 36.7. The van der Waals surface area contributed by atoms with Crippen LogP contribution in [0.15, 0.2) is 0 Å². The van der Waals surface area contributed by atoms with Crippen LogP contribution in [0.3, 0.4) is 0 Å². The van der Waals surface area contributed by atoms with E-state index in [4.69, 9.17) is 18.9 Å². The highest BCUT2D eigenvalue weighted by molar-refractivity contribution is 5.80. The van der Waals surface area contributed by atoms with Crippen LogP contribution < -0.4 is 0 Å². The van der Waals surface area contributed by atoms with Gasteiger partial charge in [-0.1, -0.05) is 13.3 Å². The first-order valence-corrected chi connectivity index (χ1v) is 10.9. The van der Waals surface area contributed by atoms with Crippen molar-refractivity contribution in [2.45, 2.75) is 83.0 Å². The van der Waals surface area contributed by atoms with Crippen molar-refractivity contribution in [3.05, 3.63) is 0 Å². The zero-order chi connectivity index (χ0) is 20.7. The summed E-state index contributed by atoms with van der Waals surface area (Å²) in [5, 5.41) is 0. The Labute approximate surface area is 170 Å². The number of ether oxygens (including phenoxy) is 4. The number of fused-ring (bicyclic) bond motifs is 1. The second-order valence-electron chi connectivity index (χ2n) is 10.3. The second kappa shape index (κ2) is 5.96. The van der Waals surface area contributed by atoms with Crippen molar-refractivity contribution in [1.82, 2.24) is 0 Å². The minimum atomic E-state index is -0.598. The maximum atomic E-state index is 12.9. The minimum absolute atomic E-state index is 0.0556. The van der Waals surface area contributed by atoms with E-state index in [0.717, 1.165) is 38.5 Å². The molecule has 0 N–H and O–H groups in total. The van der Waals surface area contributed by atoms with E-state index >= 15 is 0 Å². The Balaban J connectivity index is 1.62. The standard InChI is InChI=1S/C22H30O7/c1-13-9-15-17-19(3,18(25)28-15)5-4-6-21(17,12-26-14(2)23)22(13)8-7-20(29-22)10-16(24)27-11-20/h13,15,17H,4-12H2,1-3H3/t13-,15-,17+,19+,20-,21-,22-/m1/s1. The predicted molar refractivity (Wildman–Crippen MR) is 99.5 cm³/mol. The van der Waals surface area contributed by atoms with Gasteiger partial charge in [-0.15, -0.1) is 0 Å². The van der Waals surface area contributed by atoms with E-state index in [1.54, 1.807) is 0 Å². The molecule has 2 aliphatic carbocycles. The molecule has 3 heterocycles. The summed E-state index contributed by atoms with van der Waals surface area (Å²) in [5.41, 5.74) is -2.25. The third-order valence-electron chi connectivity index (χ3n) is 8.77. The fourth-order valence-corrected chi connectivity index (χ4v) is 7.63. The fraction of sp³-hybridized carbons (Fsp3) is 0.864. The van der Waals surface area contributed by atoms with Crippen molar-refractivity contribution in [2.24, 2.45) is 22.7 Å². The molecule has 3 aliphatic heterocycles. The Morgan fingerprint density at radius 3 is 2.69 bits per heavy atom. The zero-order valence-corrected chi connectivity index (χ0v) is 17.5. The molecule has 0 aromatic rings.